The summed E-state index contributed by atoms with van der Waals surface area (Å²) in [5.74, 6) is 2.20. The lowest BCUT2D eigenvalue weighted by atomic mass is 10.1. The smallest absolute Gasteiger partial charge is 0.319 e. The second-order valence-electron chi connectivity index (χ2n) is 4.88. The molecule has 2 amide bonds. The first-order chi connectivity index (χ1) is 10.3. The van der Waals surface area contributed by atoms with Crippen LogP contribution in [0.15, 0.2) is 29.6 Å². The Morgan fingerprint density at radius 2 is 2.14 bits per heavy atom. The van der Waals surface area contributed by atoms with Crippen molar-refractivity contribution < 1.29 is 4.79 Å². The number of rotatable bonds is 3. The van der Waals surface area contributed by atoms with Crippen LogP contribution in [0.3, 0.4) is 0 Å². The average molecular weight is 320 g/mol. The molecule has 1 aromatic heterocycles. The molecule has 0 spiro atoms. The number of amides is 2. The molecule has 1 fully saturated rings. The molecule has 1 aliphatic heterocycles. The Kier molecular flexibility index (Phi) is 4.72. The third kappa shape index (κ3) is 3.95. The van der Waals surface area contributed by atoms with Crippen LogP contribution in [-0.4, -0.2) is 33.2 Å². The van der Waals surface area contributed by atoms with Gasteiger partial charge >= 0.3 is 6.03 Å². The van der Waals surface area contributed by atoms with Gasteiger partial charge in [0.05, 0.1) is 0 Å². The Morgan fingerprint density at radius 1 is 1.29 bits per heavy atom. The summed E-state index contributed by atoms with van der Waals surface area (Å²) in [4.78, 5) is 11.9. The van der Waals surface area contributed by atoms with Crippen molar-refractivity contribution >= 4 is 35.0 Å². The molecule has 110 valence electrons. The highest BCUT2D eigenvalue weighted by Crippen LogP contribution is 2.20. The van der Waals surface area contributed by atoms with Crippen LogP contribution in [0.5, 0.6) is 0 Å². The lowest BCUT2D eigenvalue weighted by Crippen LogP contribution is -2.40. The summed E-state index contributed by atoms with van der Waals surface area (Å²) < 4.78 is 3.84. The highest BCUT2D eigenvalue weighted by molar-refractivity contribution is 7.99. The molecule has 1 aromatic carbocycles. The highest BCUT2D eigenvalue weighted by Gasteiger charge is 2.15. The second-order valence-corrected chi connectivity index (χ2v) is 6.64. The van der Waals surface area contributed by atoms with Crippen LogP contribution in [0.4, 0.5) is 10.5 Å². The van der Waals surface area contributed by atoms with Gasteiger partial charge < -0.3 is 10.6 Å². The molecular weight excluding hydrogens is 304 g/mol. The lowest BCUT2D eigenvalue weighted by Gasteiger charge is -2.22. The molecule has 0 unspecified atom stereocenters. The zero-order valence-corrected chi connectivity index (χ0v) is 13.0. The Morgan fingerprint density at radius 3 is 2.81 bits per heavy atom. The zero-order valence-electron chi connectivity index (χ0n) is 11.4. The number of nitrogens with zero attached hydrogens (tertiary/aromatic N) is 2. The molecule has 2 heterocycles. The van der Waals surface area contributed by atoms with Gasteiger partial charge in [0.15, 0.2) is 0 Å². The molecule has 2 aromatic rings. The summed E-state index contributed by atoms with van der Waals surface area (Å²) >= 11 is 3.22. The van der Waals surface area contributed by atoms with Gasteiger partial charge in [0.25, 0.3) is 0 Å². The third-order valence-electron chi connectivity index (χ3n) is 3.29. The number of hydrogen-bond acceptors (Lipinski definition) is 5. The number of benzene rings is 1. The maximum atomic E-state index is 11.9. The fraction of sp³-hybridized carbons (Fsp3) is 0.357. The number of hydrogen-bond donors (Lipinski definition) is 2. The van der Waals surface area contributed by atoms with E-state index in [1.165, 1.54) is 23.7 Å². The summed E-state index contributed by atoms with van der Waals surface area (Å²) in [5.41, 5.74) is 2.64. The molecule has 0 radical (unpaired) electrons. The van der Waals surface area contributed by atoms with Crippen LogP contribution in [0, 0.1) is 0 Å². The lowest BCUT2D eigenvalue weighted by molar-refractivity contribution is 0.248. The summed E-state index contributed by atoms with van der Waals surface area (Å²) in [6.45, 7) is 0. The maximum absolute atomic E-state index is 11.9. The average Bonchev–Trinajstić information content (AvgIpc) is 3.03. The summed E-state index contributed by atoms with van der Waals surface area (Å²) in [6.07, 6.45) is 2.24. The van der Waals surface area contributed by atoms with Gasteiger partial charge in [0.1, 0.15) is 5.69 Å². The van der Waals surface area contributed by atoms with E-state index in [2.05, 4.69) is 20.2 Å². The van der Waals surface area contributed by atoms with Crippen LogP contribution in [0.2, 0.25) is 0 Å². The standard InChI is InChI=1S/C14H16N4OS2/c19-14(16-12-2-1-7-20-8-12)15-11-5-3-10(4-6-11)13-9-21-18-17-13/h3-6,9,12H,1-2,7-8H2,(H2,15,16,19)/t12-/m0/s1. The van der Waals surface area contributed by atoms with E-state index in [1.807, 2.05) is 41.4 Å². The zero-order chi connectivity index (χ0) is 14.5. The van der Waals surface area contributed by atoms with E-state index in [1.54, 1.807) is 0 Å². The van der Waals surface area contributed by atoms with Crippen molar-refractivity contribution in [3.63, 3.8) is 0 Å². The van der Waals surface area contributed by atoms with Crippen molar-refractivity contribution in [2.24, 2.45) is 0 Å². The largest absolute Gasteiger partial charge is 0.334 e. The minimum atomic E-state index is -0.134. The van der Waals surface area contributed by atoms with E-state index in [0.717, 1.165) is 29.1 Å². The van der Waals surface area contributed by atoms with Crippen molar-refractivity contribution in [2.75, 3.05) is 16.8 Å². The number of carbonyl (C=O) groups is 1. The Balaban J connectivity index is 1.56. The first-order valence-electron chi connectivity index (χ1n) is 6.84. The predicted octanol–water partition coefficient (Wildman–Crippen LogP) is 3.22. The van der Waals surface area contributed by atoms with E-state index in [-0.39, 0.29) is 12.1 Å². The van der Waals surface area contributed by atoms with Crippen molar-refractivity contribution in [1.29, 1.82) is 0 Å². The topological polar surface area (TPSA) is 66.9 Å². The SMILES string of the molecule is O=C(Nc1ccc(-c2csnn2)cc1)N[C@H]1CCCSC1. The first-order valence-corrected chi connectivity index (χ1v) is 8.83. The molecule has 0 saturated carbocycles. The molecule has 0 bridgehead atoms. The maximum Gasteiger partial charge on any atom is 0.319 e. The van der Waals surface area contributed by atoms with E-state index >= 15 is 0 Å². The Hall–Kier alpha value is -1.60. The number of carbonyl (C=O) groups excluding carboxylic acids is 1. The van der Waals surface area contributed by atoms with Crippen LogP contribution >= 0.6 is 23.3 Å². The van der Waals surface area contributed by atoms with Crippen molar-refractivity contribution in [3.05, 3.63) is 29.6 Å². The number of anilines is 1. The number of aromatic nitrogens is 2. The molecule has 7 heteroatoms. The molecule has 0 aliphatic carbocycles. The van der Waals surface area contributed by atoms with Gasteiger partial charge in [-0.1, -0.05) is 16.6 Å². The highest BCUT2D eigenvalue weighted by atomic mass is 32.2. The van der Waals surface area contributed by atoms with E-state index < -0.39 is 0 Å². The van der Waals surface area contributed by atoms with Crippen LogP contribution in [0.1, 0.15) is 12.8 Å². The normalized spacial score (nSPS) is 18.2. The van der Waals surface area contributed by atoms with Crippen LogP contribution < -0.4 is 10.6 Å². The molecule has 1 aliphatic rings. The van der Waals surface area contributed by atoms with Crippen LogP contribution in [-0.2, 0) is 0 Å². The van der Waals surface area contributed by atoms with Gasteiger partial charge in [-0.15, -0.1) is 5.10 Å². The summed E-state index contributed by atoms with van der Waals surface area (Å²) in [5, 5.41) is 11.8. The minimum absolute atomic E-state index is 0.134. The summed E-state index contributed by atoms with van der Waals surface area (Å²) in [6, 6.07) is 7.77. The van der Waals surface area contributed by atoms with Gasteiger partial charge in [-0.3, -0.25) is 0 Å². The third-order valence-corrected chi connectivity index (χ3v) is 5.01. The monoisotopic (exact) mass is 320 g/mol. The van der Waals surface area contributed by atoms with Crippen molar-refractivity contribution in [3.8, 4) is 11.3 Å². The Labute approximate surface area is 131 Å². The first kappa shape index (κ1) is 14.3. The molecule has 2 N–H and O–H groups in total. The summed E-state index contributed by atoms with van der Waals surface area (Å²) in [7, 11) is 0. The molecule has 3 rings (SSSR count). The number of urea groups is 1. The second kappa shape index (κ2) is 6.91. The molecule has 5 nitrogen and oxygen atoms in total. The molecule has 1 atom stereocenters. The van der Waals surface area contributed by atoms with Gasteiger partial charge in [-0.05, 0) is 42.3 Å². The van der Waals surface area contributed by atoms with E-state index in [4.69, 9.17) is 0 Å². The molecular formula is C14H16N4OS2. The fourth-order valence-electron chi connectivity index (χ4n) is 2.22. The van der Waals surface area contributed by atoms with Gasteiger partial charge in [0, 0.05) is 28.4 Å². The van der Waals surface area contributed by atoms with Crippen molar-refractivity contribution in [1.82, 2.24) is 14.9 Å². The van der Waals surface area contributed by atoms with E-state index in [9.17, 15) is 4.79 Å². The van der Waals surface area contributed by atoms with Gasteiger partial charge in [-0.2, -0.15) is 11.8 Å². The molecule has 1 saturated heterocycles. The molecule has 21 heavy (non-hydrogen) atoms. The predicted molar refractivity (Wildman–Crippen MR) is 87.8 cm³/mol. The van der Waals surface area contributed by atoms with Gasteiger partial charge in [0.2, 0.25) is 0 Å². The minimum Gasteiger partial charge on any atom is -0.334 e. The number of nitrogens with one attached hydrogen (secondary N) is 2. The number of thioether (sulfide) groups is 1. The quantitative estimate of drug-likeness (QED) is 0.911. The Bertz CT molecular complexity index is 580. The van der Waals surface area contributed by atoms with Crippen LogP contribution in [0.25, 0.3) is 11.3 Å². The van der Waals surface area contributed by atoms with E-state index in [0.29, 0.717) is 0 Å². The van der Waals surface area contributed by atoms with Gasteiger partial charge in [-0.25, -0.2) is 4.79 Å². The van der Waals surface area contributed by atoms with Crippen molar-refractivity contribution in [2.45, 2.75) is 18.9 Å². The fourth-order valence-corrected chi connectivity index (χ4v) is 3.76.